The monoisotopic (exact) mass is 442 g/mol. The fourth-order valence-corrected chi connectivity index (χ4v) is 3.41. The lowest BCUT2D eigenvalue weighted by Gasteiger charge is -2.26. The highest BCUT2D eigenvalue weighted by Gasteiger charge is 2.40. The van der Waals surface area contributed by atoms with Crippen molar-refractivity contribution in [2.75, 3.05) is 6.61 Å². The van der Waals surface area contributed by atoms with Crippen molar-refractivity contribution in [1.82, 2.24) is 9.97 Å². The lowest BCUT2D eigenvalue weighted by atomic mass is 9.83. The van der Waals surface area contributed by atoms with Crippen molar-refractivity contribution < 1.29 is 28.2 Å². The predicted octanol–water partition coefficient (Wildman–Crippen LogP) is 3.34. The van der Waals surface area contributed by atoms with Crippen LogP contribution in [0.15, 0.2) is 66.0 Å². The first-order valence-corrected chi connectivity index (χ1v) is 9.38. The van der Waals surface area contributed by atoms with Gasteiger partial charge >= 0.3 is 6.61 Å². The van der Waals surface area contributed by atoms with Crippen molar-refractivity contribution in [2.45, 2.75) is 19.1 Å². The molecule has 0 saturated heterocycles. The van der Waals surface area contributed by atoms with Gasteiger partial charge in [-0.1, -0.05) is 24.3 Å². The molecule has 1 aliphatic heterocycles. The number of amidine groups is 1. The molecule has 1 unspecified atom stereocenters. The number of nitrogens with zero attached hydrogens (tertiary/aromatic N) is 3. The summed E-state index contributed by atoms with van der Waals surface area (Å²) in [6.07, 6.45) is 4.91. The Morgan fingerprint density at radius 3 is 2.56 bits per heavy atom. The highest BCUT2D eigenvalue weighted by atomic mass is 19.3. The number of rotatable bonds is 5. The number of nitrogens with two attached hydrogens (primary N) is 1. The minimum atomic E-state index is -2.89. The first-order valence-electron chi connectivity index (χ1n) is 9.38. The standard InChI is InChI=1S/C21H18F2N4O2.CH2O2/c1-13-9-16(5-6-18(13)29-19(22)23)21(12-28-20(24)27-21)15-4-2-3-14(10-15)17-11-25-7-8-26-17;2-1-3/h2-11,19H,12H2,1H3,(H2,24,27);1H,(H,2,3). The van der Waals surface area contributed by atoms with Gasteiger partial charge in [0.15, 0.2) is 5.54 Å². The molecule has 3 aromatic rings. The maximum absolute atomic E-state index is 12.6. The van der Waals surface area contributed by atoms with E-state index in [2.05, 4.69) is 19.7 Å². The van der Waals surface area contributed by atoms with Crippen molar-refractivity contribution in [2.24, 2.45) is 10.7 Å². The Labute approximate surface area is 182 Å². The Kier molecular flexibility index (Phi) is 6.93. The molecular formula is C22H20F2N4O4. The number of aromatic nitrogens is 2. The Morgan fingerprint density at radius 2 is 1.97 bits per heavy atom. The summed E-state index contributed by atoms with van der Waals surface area (Å²) < 4.78 is 35.3. The van der Waals surface area contributed by atoms with Crippen LogP contribution in [0.3, 0.4) is 0 Å². The highest BCUT2D eigenvalue weighted by molar-refractivity contribution is 5.75. The minimum absolute atomic E-state index is 0.0699. The number of aryl methyl sites for hydroxylation is 1. The van der Waals surface area contributed by atoms with E-state index in [0.717, 1.165) is 22.4 Å². The predicted molar refractivity (Wildman–Crippen MR) is 112 cm³/mol. The summed E-state index contributed by atoms with van der Waals surface area (Å²) in [6, 6.07) is 12.7. The van der Waals surface area contributed by atoms with Crippen LogP contribution in [0.1, 0.15) is 16.7 Å². The van der Waals surface area contributed by atoms with Gasteiger partial charge in [-0.15, -0.1) is 0 Å². The van der Waals surface area contributed by atoms with Gasteiger partial charge in [0, 0.05) is 18.0 Å². The third-order valence-electron chi connectivity index (χ3n) is 4.80. The van der Waals surface area contributed by atoms with Gasteiger partial charge in [0.25, 0.3) is 12.5 Å². The van der Waals surface area contributed by atoms with E-state index in [4.69, 9.17) is 20.4 Å². The first kappa shape index (κ1) is 22.6. The molecule has 2 heterocycles. The van der Waals surface area contributed by atoms with E-state index in [9.17, 15) is 8.78 Å². The molecule has 0 bridgehead atoms. The van der Waals surface area contributed by atoms with Gasteiger partial charge < -0.3 is 20.3 Å². The van der Waals surface area contributed by atoms with Gasteiger partial charge in [0.05, 0.1) is 11.9 Å². The summed E-state index contributed by atoms with van der Waals surface area (Å²) in [5, 5.41) is 6.89. The number of ether oxygens (including phenoxy) is 2. The third-order valence-corrected chi connectivity index (χ3v) is 4.80. The first-order chi connectivity index (χ1) is 15.4. The molecule has 166 valence electrons. The molecular weight excluding hydrogens is 422 g/mol. The number of alkyl halides is 2. The molecule has 8 nitrogen and oxygen atoms in total. The zero-order valence-corrected chi connectivity index (χ0v) is 17.0. The molecule has 1 atom stereocenters. The summed E-state index contributed by atoms with van der Waals surface area (Å²) in [6.45, 7) is -1.24. The van der Waals surface area contributed by atoms with E-state index in [0.29, 0.717) is 5.56 Å². The Bertz CT molecular complexity index is 1110. The maximum Gasteiger partial charge on any atom is 0.387 e. The average molecular weight is 442 g/mol. The molecule has 1 aromatic heterocycles. The van der Waals surface area contributed by atoms with Crippen LogP contribution in [-0.4, -0.2) is 40.8 Å². The Morgan fingerprint density at radius 1 is 1.22 bits per heavy atom. The zero-order chi connectivity index (χ0) is 23.1. The molecule has 0 amide bonds. The van der Waals surface area contributed by atoms with E-state index in [1.165, 1.54) is 6.07 Å². The molecule has 2 aromatic carbocycles. The number of hydrogen-bond acceptors (Lipinski definition) is 7. The van der Waals surface area contributed by atoms with Crippen LogP contribution < -0.4 is 10.5 Å². The van der Waals surface area contributed by atoms with Crippen LogP contribution in [0.25, 0.3) is 11.3 Å². The van der Waals surface area contributed by atoms with Crippen LogP contribution in [-0.2, 0) is 15.1 Å². The summed E-state index contributed by atoms with van der Waals surface area (Å²) in [4.78, 5) is 21.4. The van der Waals surface area contributed by atoms with E-state index in [-0.39, 0.29) is 24.9 Å². The quantitative estimate of drug-likeness (QED) is 0.582. The molecule has 0 aliphatic carbocycles. The minimum Gasteiger partial charge on any atom is -0.483 e. The molecule has 3 N–H and O–H groups in total. The van der Waals surface area contributed by atoms with Crippen LogP contribution >= 0.6 is 0 Å². The largest absolute Gasteiger partial charge is 0.483 e. The lowest BCUT2D eigenvalue weighted by Crippen LogP contribution is -2.27. The van der Waals surface area contributed by atoms with E-state index >= 15 is 0 Å². The van der Waals surface area contributed by atoms with Crippen molar-refractivity contribution >= 4 is 12.5 Å². The number of aliphatic imine (C=N–C) groups is 1. The average Bonchev–Trinajstić information content (AvgIpc) is 3.19. The zero-order valence-electron chi connectivity index (χ0n) is 17.0. The van der Waals surface area contributed by atoms with Gasteiger partial charge in [0.2, 0.25) is 0 Å². The van der Waals surface area contributed by atoms with Crippen molar-refractivity contribution in [1.29, 1.82) is 0 Å². The van der Waals surface area contributed by atoms with Crippen LogP contribution in [0.2, 0.25) is 0 Å². The van der Waals surface area contributed by atoms with Gasteiger partial charge in [0.1, 0.15) is 12.4 Å². The highest BCUT2D eigenvalue weighted by Crippen LogP contribution is 2.40. The summed E-state index contributed by atoms with van der Waals surface area (Å²) in [5.74, 6) is 0.114. The Hall–Kier alpha value is -4.08. The van der Waals surface area contributed by atoms with Crippen molar-refractivity contribution in [3.8, 4) is 17.0 Å². The summed E-state index contributed by atoms with van der Waals surface area (Å²) in [7, 11) is 0. The van der Waals surface area contributed by atoms with Crippen LogP contribution in [0.4, 0.5) is 8.78 Å². The molecule has 0 saturated carbocycles. The number of carboxylic acid groups (broad SMARTS) is 1. The molecule has 10 heteroatoms. The van der Waals surface area contributed by atoms with E-state index in [1.807, 2.05) is 24.3 Å². The van der Waals surface area contributed by atoms with E-state index in [1.54, 1.807) is 37.6 Å². The maximum atomic E-state index is 12.6. The SMILES string of the molecule is Cc1cc(C2(c3cccc(-c4cnccn4)c3)COC(N)=N2)ccc1OC(F)F.O=CO. The molecule has 0 spiro atoms. The van der Waals surface area contributed by atoms with Crippen LogP contribution in [0.5, 0.6) is 5.75 Å². The topological polar surface area (TPSA) is 120 Å². The second kappa shape index (κ2) is 9.82. The van der Waals surface area contributed by atoms with Crippen LogP contribution in [0, 0.1) is 6.92 Å². The second-order valence-corrected chi connectivity index (χ2v) is 6.73. The summed E-state index contributed by atoms with van der Waals surface area (Å²) >= 11 is 0. The van der Waals surface area contributed by atoms with Gasteiger partial charge in [-0.25, -0.2) is 4.99 Å². The smallest absolute Gasteiger partial charge is 0.387 e. The van der Waals surface area contributed by atoms with Gasteiger partial charge in [-0.2, -0.15) is 8.78 Å². The third kappa shape index (κ3) is 4.80. The molecule has 32 heavy (non-hydrogen) atoms. The number of halogens is 2. The van der Waals surface area contributed by atoms with E-state index < -0.39 is 12.2 Å². The molecule has 1 aliphatic rings. The van der Waals surface area contributed by atoms with Crippen molar-refractivity contribution in [3.05, 3.63) is 77.7 Å². The molecule has 0 fully saturated rings. The van der Waals surface area contributed by atoms with Crippen molar-refractivity contribution in [3.63, 3.8) is 0 Å². The fourth-order valence-electron chi connectivity index (χ4n) is 3.41. The number of carbonyl (C=O) groups is 1. The summed E-state index contributed by atoms with van der Waals surface area (Å²) in [5.41, 5.74) is 8.69. The van der Waals surface area contributed by atoms with Gasteiger partial charge in [-0.3, -0.25) is 14.8 Å². The molecule has 4 rings (SSSR count). The normalized spacial score (nSPS) is 17.1. The fraction of sp³-hybridized carbons (Fsp3) is 0.182. The number of benzene rings is 2. The lowest BCUT2D eigenvalue weighted by molar-refractivity contribution is -0.122. The molecule has 0 radical (unpaired) electrons. The second-order valence-electron chi connectivity index (χ2n) is 6.73. The van der Waals surface area contributed by atoms with Gasteiger partial charge in [-0.05, 0) is 41.8 Å². The Balaban J connectivity index is 0.000000913. The number of hydrogen-bond donors (Lipinski definition) is 2.